The number of halogens is 1. The van der Waals surface area contributed by atoms with E-state index in [9.17, 15) is 4.39 Å². The Morgan fingerprint density at radius 3 is 2.76 bits per heavy atom. The highest BCUT2D eigenvalue weighted by Gasteiger charge is 2.13. The van der Waals surface area contributed by atoms with Gasteiger partial charge >= 0.3 is 0 Å². The number of benzene rings is 1. The first-order valence-electron chi connectivity index (χ1n) is 10.8. The largest absolute Gasteiger partial charge is 0.485 e. The molecular formula is C22H36FN3O3. The fraction of sp³-hybridized carbons (Fsp3) is 0.682. The summed E-state index contributed by atoms with van der Waals surface area (Å²) in [5.74, 6) is 1.30. The molecule has 2 rings (SSSR count). The van der Waals surface area contributed by atoms with E-state index < -0.39 is 0 Å². The van der Waals surface area contributed by atoms with Crippen molar-refractivity contribution in [3.05, 3.63) is 30.1 Å². The minimum Gasteiger partial charge on any atom is -0.485 e. The minimum absolute atomic E-state index is 0.176. The molecule has 29 heavy (non-hydrogen) atoms. The van der Waals surface area contributed by atoms with Crippen molar-refractivity contribution in [2.75, 3.05) is 46.1 Å². The highest BCUT2D eigenvalue weighted by Crippen LogP contribution is 2.18. The summed E-state index contributed by atoms with van der Waals surface area (Å²) in [6.07, 6.45) is 3.69. The quantitative estimate of drug-likeness (QED) is 0.315. The lowest BCUT2D eigenvalue weighted by Crippen LogP contribution is -2.39. The van der Waals surface area contributed by atoms with Crippen molar-refractivity contribution in [2.45, 2.75) is 45.6 Å². The van der Waals surface area contributed by atoms with Crippen LogP contribution in [-0.4, -0.2) is 58.1 Å². The molecule has 0 saturated carbocycles. The van der Waals surface area contributed by atoms with E-state index in [-0.39, 0.29) is 17.7 Å². The predicted octanol–water partition coefficient (Wildman–Crippen LogP) is 3.37. The topological polar surface area (TPSA) is 64.1 Å². The van der Waals surface area contributed by atoms with Gasteiger partial charge in [0.2, 0.25) is 0 Å². The first-order chi connectivity index (χ1) is 14.2. The molecule has 1 aliphatic rings. The van der Waals surface area contributed by atoms with Crippen molar-refractivity contribution in [1.82, 2.24) is 10.6 Å². The van der Waals surface area contributed by atoms with E-state index in [0.717, 1.165) is 71.2 Å². The molecule has 0 aliphatic carbocycles. The van der Waals surface area contributed by atoms with E-state index in [1.54, 1.807) is 18.2 Å². The molecule has 1 aliphatic heterocycles. The summed E-state index contributed by atoms with van der Waals surface area (Å²) in [6, 6.07) is 6.47. The zero-order chi connectivity index (χ0) is 20.7. The van der Waals surface area contributed by atoms with Gasteiger partial charge in [-0.3, -0.25) is 0 Å². The molecule has 0 bridgehead atoms. The van der Waals surface area contributed by atoms with Crippen molar-refractivity contribution in [3.63, 3.8) is 0 Å². The van der Waals surface area contributed by atoms with Crippen LogP contribution in [-0.2, 0) is 9.47 Å². The van der Waals surface area contributed by atoms with Crippen LogP contribution >= 0.6 is 0 Å². The van der Waals surface area contributed by atoms with Gasteiger partial charge in [0, 0.05) is 39.5 Å². The Hall–Kier alpha value is -1.86. The zero-order valence-electron chi connectivity index (χ0n) is 17.8. The summed E-state index contributed by atoms with van der Waals surface area (Å²) >= 11 is 0. The lowest BCUT2D eigenvalue weighted by atomic mass is 10.0. The SMILES string of the molecule is CCNC(=NCC(CC)Oc1ccccc1F)NCCCOCC1CCOCC1. The van der Waals surface area contributed by atoms with Crippen LogP contribution in [0.15, 0.2) is 29.3 Å². The van der Waals surface area contributed by atoms with Crippen molar-refractivity contribution in [3.8, 4) is 5.75 Å². The Labute approximate surface area is 174 Å². The standard InChI is InChI=1S/C22H36FN3O3/c1-3-19(29-21-9-6-5-8-20(21)23)16-26-22(24-4-2)25-12-7-13-28-17-18-10-14-27-15-11-18/h5-6,8-9,18-19H,3-4,7,10-17H2,1-2H3,(H2,24,25,26). The number of nitrogens with zero attached hydrogens (tertiary/aromatic N) is 1. The summed E-state index contributed by atoms with van der Waals surface area (Å²) in [5.41, 5.74) is 0. The third-order valence-corrected chi connectivity index (χ3v) is 4.84. The number of aliphatic imine (C=N–C) groups is 1. The molecule has 1 saturated heterocycles. The Balaban J connectivity index is 1.68. The second-order valence-corrected chi connectivity index (χ2v) is 7.21. The van der Waals surface area contributed by atoms with E-state index in [1.807, 2.05) is 13.8 Å². The smallest absolute Gasteiger partial charge is 0.191 e. The number of hydrogen-bond donors (Lipinski definition) is 2. The average Bonchev–Trinajstić information content (AvgIpc) is 2.75. The summed E-state index contributed by atoms with van der Waals surface area (Å²) in [6.45, 7) is 9.33. The molecule has 164 valence electrons. The Bertz CT molecular complexity index is 594. The van der Waals surface area contributed by atoms with E-state index in [4.69, 9.17) is 14.2 Å². The summed E-state index contributed by atoms with van der Waals surface area (Å²) < 4.78 is 30.7. The van der Waals surface area contributed by atoms with Crippen LogP contribution in [0.4, 0.5) is 4.39 Å². The zero-order valence-corrected chi connectivity index (χ0v) is 17.8. The van der Waals surface area contributed by atoms with Gasteiger partial charge in [0.25, 0.3) is 0 Å². The predicted molar refractivity (Wildman–Crippen MR) is 114 cm³/mol. The van der Waals surface area contributed by atoms with Crippen LogP contribution in [0.3, 0.4) is 0 Å². The molecule has 7 heteroatoms. The fourth-order valence-corrected chi connectivity index (χ4v) is 3.05. The Kier molecular flexibility index (Phi) is 11.4. The molecule has 1 aromatic rings. The first kappa shape index (κ1) is 23.4. The van der Waals surface area contributed by atoms with Crippen LogP contribution in [0.25, 0.3) is 0 Å². The highest BCUT2D eigenvalue weighted by atomic mass is 19.1. The highest BCUT2D eigenvalue weighted by molar-refractivity contribution is 5.79. The molecule has 0 spiro atoms. The maximum atomic E-state index is 13.8. The van der Waals surface area contributed by atoms with Gasteiger partial charge in [-0.05, 0) is 50.7 Å². The summed E-state index contributed by atoms with van der Waals surface area (Å²) in [7, 11) is 0. The molecule has 6 nitrogen and oxygen atoms in total. The minimum atomic E-state index is -0.347. The second-order valence-electron chi connectivity index (χ2n) is 7.21. The third kappa shape index (κ3) is 9.45. The normalized spacial score (nSPS) is 16.4. The van der Waals surface area contributed by atoms with Crippen LogP contribution in [0.2, 0.25) is 0 Å². The van der Waals surface area contributed by atoms with E-state index in [2.05, 4.69) is 15.6 Å². The van der Waals surface area contributed by atoms with Crippen LogP contribution in [0.5, 0.6) is 5.75 Å². The Morgan fingerprint density at radius 1 is 1.24 bits per heavy atom. The van der Waals surface area contributed by atoms with Gasteiger partial charge in [0.05, 0.1) is 6.54 Å². The third-order valence-electron chi connectivity index (χ3n) is 4.84. The number of nitrogens with one attached hydrogen (secondary N) is 2. The van der Waals surface area contributed by atoms with Gasteiger partial charge in [0.15, 0.2) is 17.5 Å². The maximum Gasteiger partial charge on any atom is 0.191 e. The van der Waals surface area contributed by atoms with Gasteiger partial charge < -0.3 is 24.8 Å². The van der Waals surface area contributed by atoms with Gasteiger partial charge in [-0.15, -0.1) is 0 Å². The molecule has 0 radical (unpaired) electrons. The molecular weight excluding hydrogens is 373 g/mol. The molecule has 2 N–H and O–H groups in total. The number of para-hydroxylation sites is 1. The van der Waals surface area contributed by atoms with Crippen LogP contribution < -0.4 is 15.4 Å². The molecule has 0 amide bonds. The molecule has 0 aromatic heterocycles. The van der Waals surface area contributed by atoms with Gasteiger partial charge in [-0.2, -0.15) is 0 Å². The molecule has 1 heterocycles. The molecule has 1 aromatic carbocycles. The average molecular weight is 410 g/mol. The number of rotatable bonds is 12. The molecule has 1 atom stereocenters. The number of guanidine groups is 1. The lowest BCUT2D eigenvalue weighted by Gasteiger charge is -2.21. The summed E-state index contributed by atoms with van der Waals surface area (Å²) in [5, 5.41) is 6.56. The lowest BCUT2D eigenvalue weighted by molar-refractivity contribution is 0.0203. The molecule has 1 fully saturated rings. The second kappa shape index (κ2) is 14.2. The van der Waals surface area contributed by atoms with Crippen LogP contribution in [0, 0.1) is 11.7 Å². The van der Waals surface area contributed by atoms with E-state index in [1.165, 1.54) is 6.07 Å². The van der Waals surface area contributed by atoms with Crippen molar-refractivity contribution in [1.29, 1.82) is 0 Å². The first-order valence-corrected chi connectivity index (χ1v) is 10.8. The van der Waals surface area contributed by atoms with Crippen molar-refractivity contribution in [2.24, 2.45) is 10.9 Å². The number of ether oxygens (including phenoxy) is 3. The van der Waals surface area contributed by atoms with Gasteiger partial charge in [-0.1, -0.05) is 19.1 Å². The fourth-order valence-electron chi connectivity index (χ4n) is 3.05. The van der Waals surface area contributed by atoms with Crippen LogP contribution in [0.1, 0.15) is 39.5 Å². The summed E-state index contributed by atoms with van der Waals surface area (Å²) in [4.78, 5) is 4.59. The van der Waals surface area contributed by atoms with Crippen molar-refractivity contribution >= 4 is 5.96 Å². The van der Waals surface area contributed by atoms with Gasteiger partial charge in [0.1, 0.15) is 6.10 Å². The van der Waals surface area contributed by atoms with Crippen molar-refractivity contribution < 1.29 is 18.6 Å². The number of hydrogen-bond acceptors (Lipinski definition) is 4. The maximum absolute atomic E-state index is 13.8. The molecule has 1 unspecified atom stereocenters. The Morgan fingerprint density at radius 2 is 2.03 bits per heavy atom. The van der Waals surface area contributed by atoms with E-state index in [0.29, 0.717) is 12.5 Å². The van der Waals surface area contributed by atoms with E-state index >= 15 is 0 Å². The van der Waals surface area contributed by atoms with Gasteiger partial charge in [-0.25, -0.2) is 9.38 Å². The monoisotopic (exact) mass is 409 g/mol.